The zero-order valence-corrected chi connectivity index (χ0v) is 17.5. The van der Waals surface area contributed by atoms with Crippen LogP contribution in [0.15, 0.2) is 106 Å². The largest absolute Gasteiger partial charge is 0.460 e. The maximum Gasteiger partial charge on any atom is 0.156 e. The summed E-state index contributed by atoms with van der Waals surface area (Å²) < 4.78 is 6.32. The van der Waals surface area contributed by atoms with Gasteiger partial charge in [-0.1, -0.05) is 85.5 Å². The molecule has 31 heavy (non-hydrogen) atoms. The standard InChI is InChI=1S/C27H27N3O/c1-2-3-4-8-13-21-16-17-23(25-22-14-9-10-15-24(22)31-26(21)25)27(30-19-28)29-18-20-11-6-5-7-12-20/h2-11,13-15,17,19-21H,1,12,16,18H2,(H2,28,29,30)/b4-3-,13-8+. The van der Waals surface area contributed by atoms with Gasteiger partial charge in [0.25, 0.3) is 0 Å². The molecule has 0 radical (unpaired) electrons. The Labute approximate surface area is 183 Å². The van der Waals surface area contributed by atoms with E-state index in [2.05, 4.69) is 54.1 Å². The maximum absolute atomic E-state index is 6.32. The first-order valence-corrected chi connectivity index (χ1v) is 10.6. The fourth-order valence-corrected chi connectivity index (χ4v) is 4.00. The minimum atomic E-state index is 0.148. The number of allylic oxidation sites excluding steroid dienone is 9. The third-order valence-corrected chi connectivity index (χ3v) is 5.49. The molecule has 0 spiro atoms. The first kappa shape index (κ1) is 20.6. The third kappa shape index (κ3) is 4.58. The SMILES string of the molecule is C=C/C=C\C=C\C1CC=C(C(N=CN)=NCC2C=CC=CC2)c2c1oc1ccccc21. The summed E-state index contributed by atoms with van der Waals surface area (Å²) in [6.45, 7) is 4.39. The highest BCUT2D eigenvalue weighted by molar-refractivity contribution is 6.27. The van der Waals surface area contributed by atoms with E-state index in [4.69, 9.17) is 15.1 Å². The minimum absolute atomic E-state index is 0.148. The molecule has 0 bridgehead atoms. The van der Waals surface area contributed by atoms with Crippen molar-refractivity contribution in [1.82, 2.24) is 0 Å². The summed E-state index contributed by atoms with van der Waals surface area (Å²) in [4.78, 5) is 9.30. The molecule has 0 aliphatic heterocycles. The average molecular weight is 410 g/mol. The van der Waals surface area contributed by atoms with Gasteiger partial charge in [0, 0.05) is 34.9 Å². The predicted molar refractivity (Wildman–Crippen MR) is 131 cm³/mol. The van der Waals surface area contributed by atoms with E-state index in [9.17, 15) is 0 Å². The first-order chi connectivity index (χ1) is 15.3. The summed E-state index contributed by atoms with van der Waals surface area (Å²) in [5.41, 5.74) is 8.62. The number of furan rings is 1. The van der Waals surface area contributed by atoms with E-state index in [0.717, 1.165) is 40.7 Å². The lowest BCUT2D eigenvalue weighted by Crippen LogP contribution is -2.12. The van der Waals surface area contributed by atoms with E-state index < -0.39 is 0 Å². The van der Waals surface area contributed by atoms with Gasteiger partial charge in [0.05, 0.1) is 6.34 Å². The molecule has 4 nitrogen and oxygen atoms in total. The molecule has 0 saturated heterocycles. The molecule has 0 amide bonds. The van der Waals surface area contributed by atoms with Gasteiger partial charge in [0.2, 0.25) is 0 Å². The summed E-state index contributed by atoms with van der Waals surface area (Å²) in [5, 5.41) is 1.07. The average Bonchev–Trinajstić information content (AvgIpc) is 3.20. The molecule has 4 heteroatoms. The molecule has 4 rings (SSSR count). The summed E-state index contributed by atoms with van der Waals surface area (Å²) in [7, 11) is 0. The van der Waals surface area contributed by atoms with Crippen LogP contribution >= 0.6 is 0 Å². The van der Waals surface area contributed by atoms with Gasteiger partial charge in [-0.15, -0.1) is 0 Å². The Hall–Kier alpha value is -3.66. The number of rotatable bonds is 6. The van der Waals surface area contributed by atoms with E-state index >= 15 is 0 Å². The molecule has 0 fully saturated rings. The Balaban J connectivity index is 1.74. The van der Waals surface area contributed by atoms with Gasteiger partial charge in [-0.05, 0) is 18.9 Å². The normalized spacial score (nSPS) is 21.4. The second-order valence-electron chi connectivity index (χ2n) is 7.55. The Kier molecular flexibility index (Phi) is 6.58. The fraction of sp³-hybridized carbons (Fsp3) is 0.185. The van der Waals surface area contributed by atoms with Crippen molar-refractivity contribution in [2.24, 2.45) is 21.6 Å². The van der Waals surface area contributed by atoms with Crippen molar-refractivity contribution in [1.29, 1.82) is 0 Å². The monoisotopic (exact) mass is 409 g/mol. The third-order valence-electron chi connectivity index (χ3n) is 5.49. The molecule has 1 aromatic heterocycles. The number of nitrogens with zero attached hydrogens (tertiary/aromatic N) is 2. The van der Waals surface area contributed by atoms with Crippen molar-refractivity contribution in [3.8, 4) is 0 Å². The van der Waals surface area contributed by atoms with Crippen molar-refractivity contribution in [2.75, 3.05) is 6.54 Å². The van der Waals surface area contributed by atoms with Crippen molar-refractivity contribution in [3.05, 3.63) is 103 Å². The van der Waals surface area contributed by atoms with E-state index in [-0.39, 0.29) is 5.92 Å². The van der Waals surface area contributed by atoms with Crippen LogP contribution in [0, 0.1) is 5.92 Å². The Morgan fingerprint density at radius 3 is 2.87 bits per heavy atom. The minimum Gasteiger partial charge on any atom is -0.460 e. The van der Waals surface area contributed by atoms with Crippen LogP contribution in [0.4, 0.5) is 0 Å². The number of fused-ring (bicyclic) bond motifs is 3. The summed E-state index contributed by atoms with van der Waals surface area (Å²) >= 11 is 0. The zero-order valence-electron chi connectivity index (χ0n) is 17.5. The van der Waals surface area contributed by atoms with Gasteiger partial charge < -0.3 is 10.2 Å². The lowest BCUT2D eigenvalue weighted by molar-refractivity contribution is 0.522. The van der Waals surface area contributed by atoms with Crippen LogP contribution in [-0.2, 0) is 0 Å². The number of hydrogen-bond acceptors (Lipinski definition) is 2. The second-order valence-corrected chi connectivity index (χ2v) is 7.55. The van der Waals surface area contributed by atoms with Gasteiger partial charge >= 0.3 is 0 Å². The topological polar surface area (TPSA) is 63.9 Å². The van der Waals surface area contributed by atoms with Crippen LogP contribution in [0.25, 0.3) is 16.5 Å². The van der Waals surface area contributed by atoms with Crippen molar-refractivity contribution >= 4 is 28.7 Å². The lowest BCUT2D eigenvalue weighted by atomic mass is 9.86. The van der Waals surface area contributed by atoms with Crippen LogP contribution < -0.4 is 5.73 Å². The molecular weight excluding hydrogens is 382 g/mol. The van der Waals surface area contributed by atoms with E-state index in [1.807, 2.05) is 36.4 Å². The molecule has 2 atom stereocenters. The quantitative estimate of drug-likeness (QED) is 0.355. The highest BCUT2D eigenvalue weighted by Gasteiger charge is 2.29. The van der Waals surface area contributed by atoms with Crippen LogP contribution in [0.2, 0.25) is 0 Å². The van der Waals surface area contributed by atoms with Gasteiger partial charge in [0.15, 0.2) is 5.84 Å². The molecule has 0 saturated carbocycles. The number of aliphatic imine (C=N–C) groups is 2. The number of para-hydroxylation sites is 1. The Morgan fingerprint density at radius 1 is 1.16 bits per heavy atom. The highest BCUT2D eigenvalue weighted by atomic mass is 16.3. The lowest BCUT2D eigenvalue weighted by Gasteiger charge is -2.19. The fourth-order valence-electron chi connectivity index (χ4n) is 4.00. The molecule has 2 unspecified atom stereocenters. The summed E-state index contributed by atoms with van der Waals surface area (Å²) in [5.74, 6) is 2.13. The van der Waals surface area contributed by atoms with Gasteiger partial charge in [-0.2, -0.15) is 0 Å². The summed E-state index contributed by atoms with van der Waals surface area (Å²) in [6, 6.07) is 8.12. The molecule has 2 aliphatic rings. The Morgan fingerprint density at radius 2 is 2.06 bits per heavy atom. The number of hydrogen-bond donors (Lipinski definition) is 1. The number of amidine groups is 1. The predicted octanol–water partition coefficient (Wildman–Crippen LogP) is 6.12. The van der Waals surface area contributed by atoms with E-state index in [1.165, 1.54) is 6.34 Å². The van der Waals surface area contributed by atoms with Crippen LogP contribution in [0.1, 0.15) is 30.1 Å². The Bertz CT molecular complexity index is 1150. The van der Waals surface area contributed by atoms with Gasteiger partial charge in [-0.25, -0.2) is 4.99 Å². The van der Waals surface area contributed by atoms with Crippen molar-refractivity contribution in [2.45, 2.75) is 18.8 Å². The summed E-state index contributed by atoms with van der Waals surface area (Å²) in [6.07, 6.45) is 23.7. The molecule has 1 heterocycles. The molecule has 2 N–H and O–H groups in total. The van der Waals surface area contributed by atoms with Gasteiger partial charge in [-0.3, -0.25) is 4.99 Å². The smallest absolute Gasteiger partial charge is 0.156 e. The number of benzene rings is 1. The van der Waals surface area contributed by atoms with Crippen molar-refractivity contribution in [3.63, 3.8) is 0 Å². The molecule has 2 aliphatic carbocycles. The number of nitrogens with two attached hydrogens (primary N) is 1. The van der Waals surface area contributed by atoms with Crippen LogP contribution in [-0.4, -0.2) is 18.7 Å². The second kappa shape index (κ2) is 9.90. The highest BCUT2D eigenvalue weighted by Crippen LogP contribution is 2.42. The first-order valence-electron chi connectivity index (χ1n) is 10.6. The van der Waals surface area contributed by atoms with Crippen LogP contribution in [0.3, 0.4) is 0 Å². The van der Waals surface area contributed by atoms with E-state index in [0.29, 0.717) is 18.3 Å². The van der Waals surface area contributed by atoms with Gasteiger partial charge in [0.1, 0.15) is 11.3 Å². The van der Waals surface area contributed by atoms with Crippen LogP contribution in [0.5, 0.6) is 0 Å². The molecular formula is C27H27N3O. The molecule has 1 aromatic carbocycles. The molecule has 156 valence electrons. The van der Waals surface area contributed by atoms with Crippen molar-refractivity contribution < 1.29 is 4.42 Å². The van der Waals surface area contributed by atoms with E-state index in [1.54, 1.807) is 6.08 Å². The zero-order chi connectivity index (χ0) is 21.5. The molecule has 2 aromatic rings. The maximum atomic E-state index is 6.32.